The van der Waals surface area contributed by atoms with Crippen LogP contribution in [-0.4, -0.2) is 37.0 Å². The molecule has 3 rings (SSSR count). The van der Waals surface area contributed by atoms with Gasteiger partial charge in [-0.15, -0.1) is 0 Å². The van der Waals surface area contributed by atoms with E-state index in [1.807, 2.05) is 30.3 Å². The first kappa shape index (κ1) is 17.3. The molecule has 1 aromatic heterocycles. The smallest absolute Gasteiger partial charge is 0.285 e. The average Bonchev–Trinajstić information content (AvgIpc) is 2.65. The molecular formula is C18H23N5O2. The predicted molar refractivity (Wildman–Crippen MR) is 90.9 cm³/mol. The average molecular weight is 341 g/mol. The molecule has 132 valence electrons. The Bertz CT molecular complexity index is 797. The Hall–Kier alpha value is -2.54. The lowest BCUT2D eigenvalue weighted by atomic mass is 9.95. The highest BCUT2D eigenvalue weighted by Gasteiger charge is 2.27. The highest BCUT2D eigenvalue weighted by Crippen LogP contribution is 2.22. The molecule has 0 aliphatic heterocycles. The Morgan fingerprint density at radius 3 is 2.64 bits per heavy atom. The number of hydrogen-bond donors (Lipinski definition) is 2. The summed E-state index contributed by atoms with van der Waals surface area (Å²) in [5, 5.41) is 23.4. The summed E-state index contributed by atoms with van der Waals surface area (Å²) in [5.74, 6) is -0.172. The van der Waals surface area contributed by atoms with Crippen LogP contribution in [0.3, 0.4) is 0 Å². The maximum atomic E-state index is 12.7. The van der Waals surface area contributed by atoms with Gasteiger partial charge in [-0.05, 0) is 18.4 Å². The van der Waals surface area contributed by atoms with E-state index in [9.17, 15) is 10.0 Å². The first-order valence-electron chi connectivity index (χ1n) is 8.61. The van der Waals surface area contributed by atoms with E-state index in [0.717, 1.165) is 42.7 Å². The molecule has 0 saturated heterocycles. The van der Waals surface area contributed by atoms with Crippen LogP contribution in [0.5, 0.6) is 0 Å². The van der Waals surface area contributed by atoms with Gasteiger partial charge in [0.1, 0.15) is 0 Å². The fraction of sp³-hybridized carbons (Fsp3) is 0.444. The minimum atomic E-state index is -0.621. The molecule has 7 heteroatoms. The van der Waals surface area contributed by atoms with Crippen molar-refractivity contribution in [2.75, 3.05) is 0 Å². The molecule has 0 radical (unpaired) electrons. The second-order valence-corrected chi connectivity index (χ2v) is 6.45. The maximum absolute atomic E-state index is 12.7. The van der Waals surface area contributed by atoms with Gasteiger partial charge in [-0.2, -0.15) is 5.10 Å². The summed E-state index contributed by atoms with van der Waals surface area (Å²) < 4.78 is 1.33. The fourth-order valence-corrected chi connectivity index (χ4v) is 3.18. The van der Waals surface area contributed by atoms with Gasteiger partial charge in [-0.3, -0.25) is 15.4 Å². The van der Waals surface area contributed by atoms with Gasteiger partial charge in [-0.1, -0.05) is 49.6 Å². The molecule has 1 aliphatic carbocycles. The molecule has 2 N–H and O–H groups in total. The molecule has 1 aliphatic rings. The van der Waals surface area contributed by atoms with Crippen molar-refractivity contribution in [3.63, 3.8) is 0 Å². The van der Waals surface area contributed by atoms with Gasteiger partial charge in [0.2, 0.25) is 0 Å². The number of amides is 1. The minimum absolute atomic E-state index is 0.0588. The van der Waals surface area contributed by atoms with Crippen LogP contribution in [0.2, 0.25) is 0 Å². The molecule has 1 amide bonds. The fourth-order valence-electron chi connectivity index (χ4n) is 3.18. The third-order valence-corrected chi connectivity index (χ3v) is 4.59. The summed E-state index contributed by atoms with van der Waals surface area (Å²) in [6, 6.07) is 9.51. The summed E-state index contributed by atoms with van der Waals surface area (Å²) in [6.07, 6.45) is 5.16. The number of carbonyl (C=O) groups is 1. The number of hydroxylamine groups is 2. The predicted octanol–water partition coefficient (Wildman–Crippen LogP) is 2.05. The first-order chi connectivity index (χ1) is 12.1. The van der Waals surface area contributed by atoms with Crippen molar-refractivity contribution in [3.8, 4) is 0 Å². The molecule has 1 aromatic carbocycles. The summed E-state index contributed by atoms with van der Waals surface area (Å²) in [7, 11) is 1.61. The quantitative estimate of drug-likeness (QED) is 0.657. The molecule has 0 bridgehead atoms. The largest absolute Gasteiger partial charge is 0.300 e. The molecular weight excluding hydrogens is 318 g/mol. The van der Waals surface area contributed by atoms with E-state index in [1.165, 1.54) is 4.68 Å². The van der Waals surface area contributed by atoms with Crippen molar-refractivity contribution >= 4 is 5.91 Å². The summed E-state index contributed by atoms with van der Waals surface area (Å²) in [6.45, 7) is 0. The molecule has 1 heterocycles. The zero-order valence-electron chi connectivity index (χ0n) is 14.4. The number of nitrogens with one attached hydrogen (secondary N) is 1. The molecule has 1 saturated carbocycles. The lowest BCUT2D eigenvalue weighted by molar-refractivity contribution is -0.0969. The van der Waals surface area contributed by atoms with Crippen LogP contribution in [0.4, 0.5) is 0 Å². The number of rotatable bonds is 4. The van der Waals surface area contributed by atoms with E-state index in [0.29, 0.717) is 12.2 Å². The van der Waals surface area contributed by atoms with Crippen molar-refractivity contribution in [2.24, 2.45) is 7.05 Å². The SMILES string of the molecule is Cn1nc(Cc2ccccc2)nc(C(=O)N(O)C2CCCCC2)c1=N. The highest BCUT2D eigenvalue weighted by atomic mass is 16.5. The van der Waals surface area contributed by atoms with Crippen molar-refractivity contribution < 1.29 is 10.0 Å². The lowest BCUT2D eigenvalue weighted by Gasteiger charge is -2.28. The second kappa shape index (κ2) is 7.57. The number of nitrogens with zero attached hydrogens (tertiary/aromatic N) is 4. The van der Waals surface area contributed by atoms with Crippen LogP contribution in [0.15, 0.2) is 30.3 Å². The molecule has 1 fully saturated rings. The maximum Gasteiger partial charge on any atom is 0.300 e. The van der Waals surface area contributed by atoms with Gasteiger partial charge in [0, 0.05) is 13.5 Å². The third kappa shape index (κ3) is 3.93. The normalized spacial score (nSPS) is 15.1. The van der Waals surface area contributed by atoms with E-state index in [2.05, 4.69) is 10.1 Å². The van der Waals surface area contributed by atoms with E-state index in [1.54, 1.807) is 7.05 Å². The van der Waals surface area contributed by atoms with Crippen LogP contribution >= 0.6 is 0 Å². The number of carbonyl (C=O) groups excluding carboxylic acids is 1. The highest BCUT2D eigenvalue weighted by molar-refractivity contribution is 5.91. The zero-order chi connectivity index (χ0) is 17.8. The van der Waals surface area contributed by atoms with E-state index >= 15 is 0 Å². The Balaban J connectivity index is 1.87. The van der Waals surface area contributed by atoms with E-state index in [-0.39, 0.29) is 17.2 Å². The Morgan fingerprint density at radius 1 is 1.28 bits per heavy atom. The third-order valence-electron chi connectivity index (χ3n) is 4.59. The van der Waals surface area contributed by atoms with Gasteiger partial charge >= 0.3 is 0 Å². The summed E-state index contributed by atoms with van der Waals surface area (Å²) in [4.78, 5) is 16.9. The first-order valence-corrected chi connectivity index (χ1v) is 8.61. The number of aryl methyl sites for hydroxylation is 1. The molecule has 25 heavy (non-hydrogen) atoms. The summed E-state index contributed by atoms with van der Waals surface area (Å²) >= 11 is 0. The number of aromatic nitrogens is 3. The van der Waals surface area contributed by atoms with Gasteiger partial charge in [-0.25, -0.2) is 14.7 Å². The van der Waals surface area contributed by atoms with Crippen LogP contribution in [0, 0.1) is 5.41 Å². The van der Waals surface area contributed by atoms with Gasteiger partial charge in [0.05, 0.1) is 6.04 Å². The van der Waals surface area contributed by atoms with Gasteiger partial charge in [0.25, 0.3) is 5.91 Å². The van der Waals surface area contributed by atoms with Crippen molar-refractivity contribution in [1.29, 1.82) is 5.41 Å². The van der Waals surface area contributed by atoms with Crippen LogP contribution < -0.4 is 5.49 Å². The van der Waals surface area contributed by atoms with Crippen molar-refractivity contribution in [2.45, 2.75) is 44.6 Å². The molecule has 0 unspecified atom stereocenters. The zero-order valence-corrected chi connectivity index (χ0v) is 14.4. The van der Waals surface area contributed by atoms with Gasteiger partial charge in [0.15, 0.2) is 17.0 Å². The van der Waals surface area contributed by atoms with Crippen molar-refractivity contribution in [3.05, 3.63) is 52.9 Å². The topological polar surface area (TPSA) is 95.1 Å². The monoisotopic (exact) mass is 341 g/mol. The molecule has 2 aromatic rings. The van der Waals surface area contributed by atoms with Crippen LogP contribution in [0.25, 0.3) is 0 Å². The Labute approximate surface area is 146 Å². The number of hydrogen-bond acceptors (Lipinski definition) is 5. The van der Waals surface area contributed by atoms with E-state index in [4.69, 9.17) is 5.41 Å². The molecule has 0 spiro atoms. The second-order valence-electron chi connectivity index (χ2n) is 6.45. The summed E-state index contributed by atoms with van der Waals surface area (Å²) in [5.41, 5.74) is 0.861. The van der Waals surface area contributed by atoms with Crippen LogP contribution in [0.1, 0.15) is 54.0 Å². The molecule has 7 nitrogen and oxygen atoms in total. The Morgan fingerprint density at radius 2 is 1.96 bits per heavy atom. The minimum Gasteiger partial charge on any atom is -0.285 e. The Kier molecular flexibility index (Phi) is 5.23. The lowest BCUT2D eigenvalue weighted by Crippen LogP contribution is -2.43. The number of benzene rings is 1. The van der Waals surface area contributed by atoms with E-state index < -0.39 is 5.91 Å². The standard InChI is InChI=1S/C18H23N5O2/c1-22-17(19)16(18(24)23(25)14-10-6-3-7-11-14)20-15(21-22)12-13-8-4-2-5-9-13/h2,4-5,8-9,14,19,25H,3,6-7,10-12H2,1H3. The van der Waals surface area contributed by atoms with Crippen molar-refractivity contribution in [1.82, 2.24) is 19.8 Å². The van der Waals surface area contributed by atoms with Gasteiger partial charge < -0.3 is 0 Å². The van der Waals surface area contributed by atoms with Crippen LogP contribution in [-0.2, 0) is 13.5 Å². The molecule has 0 atom stereocenters.